The lowest BCUT2D eigenvalue weighted by Crippen LogP contribution is -2.30. The summed E-state index contributed by atoms with van der Waals surface area (Å²) in [4.78, 5) is 17.0. The molecule has 0 aliphatic heterocycles. The predicted molar refractivity (Wildman–Crippen MR) is 139 cm³/mol. The molecule has 0 unspecified atom stereocenters. The Labute approximate surface area is 224 Å². The van der Waals surface area contributed by atoms with Gasteiger partial charge in [-0.2, -0.15) is 0 Å². The molecule has 200 valence electrons. The van der Waals surface area contributed by atoms with E-state index in [0.29, 0.717) is 33.6 Å². The summed E-state index contributed by atoms with van der Waals surface area (Å²) in [5, 5.41) is 7.83. The molecule has 2 atom stereocenters. The minimum absolute atomic E-state index is 0.116. The van der Waals surface area contributed by atoms with Gasteiger partial charge in [-0.3, -0.25) is 9.55 Å². The molecular formula is C24H26ClN7O5S. The third-order valence-electron chi connectivity index (χ3n) is 5.81. The van der Waals surface area contributed by atoms with Crippen molar-refractivity contribution in [2.45, 2.75) is 31.0 Å². The van der Waals surface area contributed by atoms with Crippen molar-refractivity contribution in [2.24, 2.45) is 0 Å². The highest BCUT2D eigenvalue weighted by Crippen LogP contribution is 2.37. The number of sulfone groups is 1. The van der Waals surface area contributed by atoms with Gasteiger partial charge in [0.15, 0.2) is 27.3 Å². The minimum Gasteiger partial charge on any atom is -0.494 e. The van der Waals surface area contributed by atoms with E-state index < -0.39 is 26.9 Å². The van der Waals surface area contributed by atoms with Crippen molar-refractivity contribution in [1.82, 2.24) is 34.7 Å². The van der Waals surface area contributed by atoms with E-state index in [4.69, 9.17) is 25.8 Å². The van der Waals surface area contributed by atoms with Crippen LogP contribution in [0.15, 0.2) is 43.0 Å². The lowest BCUT2D eigenvalue weighted by atomic mass is 10.2. The van der Waals surface area contributed by atoms with Gasteiger partial charge in [-0.05, 0) is 26.0 Å². The van der Waals surface area contributed by atoms with Crippen LogP contribution in [0.25, 0.3) is 17.2 Å². The van der Waals surface area contributed by atoms with Crippen molar-refractivity contribution in [3.63, 3.8) is 0 Å². The summed E-state index contributed by atoms with van der Waals surface area (Å²) in [5.74, 6) is 0.923. The highest BCUT2D eigenvalue weighted by atomic mass is 35.5. The summed E-state index contributed by atoms with van der Waals surface area (Å²) in [6, 6.07) is 5.21. The molecule has 3 aromatic heterocycles. The molecule has 14 heteroatoms. The van der Waals surface area contributed by atoms with E-state index in [2.05, 4.69) is 30.1 Å². The molecule has 0 spiro atoms. The van der Waals surface area contributed by atoms with Gasteiger partial charge in [0.25, 0.3) is 0 Å². The van der Waals surface area contributed by atoms with E-state index >= 15 is 0 Å². The maximum absolute atomic E-state index is 13.7. The third kappa shape index (κ3) is 5.44. The fourth-order valence-corrected chi connectivity index (χ4v) is 5.43. The summed E-state index contributed by atoms with van der Waals surface area (Å²) >= 11 is 5.89. The minimum atomic E-state index is -3.91. The van der Waals surface area contributed by atoms with Crippen LogP contribution in [-0.4, -0.2) is 69.7 Å². The zero-order valence-electron chi connectivity index (χ0n) is 21.4. The first kappa shape index (κ1) is 27.4. The van der Waals surface area contributed by atoms with Gasteiger partial charge in [-0.25, -0.2) is 23.4 Å². The SMILES string of the molecule is COc1cccc(OC)c1-n1c(CS(=O)(=O)[C@@H](C)[C@H](OC)c2ncc(Cl)cn2)nnc1-c1cncc(C)n1. The number of rotatable bonds is 10. The van der Waals surface area contributed by atoms with E-state index in [0.717, 1.165) is 0 Å². The molecule has 12 nitrogen and oxygen atoms in total. The third-order valence-corrected chi connectivity index (χ3v) is 8.05. The van der Waals surface area contributed by atoms with Crippen LogP contribution in [0.4, 0.5) is 0 Å². The van der Waals surface area contributed by atoms with Crippen molar-refractivity contribution >= 4 is 21.4 Å². The molecule has 0 aliphatic rings. The molecule has 0 bridgehead atoms. The molecule has 0 saturated carbocycles. The first-order valence-corrected chi connectivity index (χ1v) is 13.5. The van der Waals surface area contributed by atoms with E-state index in [1.54, 1.807) is 35.9 Å². The van der Waals surface area contributed by atoms with Gasteiger partial charge in [0.1, 0.15) is 34.7 Å². The number of halogens is 1. The summed E-state index contributed by atoms with van der Waals surface area (Å²) in [7, 11) is 0.491. The molecule has 0 saturated heterocycles. The van der Waals surface area contributed by atoms with Gasteiger partial charge in [0.05, 0.1) is 36.4 Å². The van der Waals surface area contributed by atoms with Crippen molar-refractivity contribution in [3.05, 3.63) is 65.4 Å². The Morgan fingerprint density at radius 3 is 2.24 bits per heavy atom. The zero-order chi connectivity index (χ0) is 27.4. The Morgan fingerprint density at radius 2 is 1.66 bits per heavy atom. The zero-order valence-corrected chi connectivity index (χ0v) is 22.9. The molecular weight excluding hydrogens is 534 g/mol. The van der Waals surface area contributed by atoms with Gasteiger partial charge in [-0.1, -0.05) is 17.7 Å². The largest absolute Gasteiger partial charge is 0.494 e. The quantitative estimate of drug-likeness (QED) is 0.282. The Hall–Kier alpha value is -3.68. The Bertz CT molecular complexity index is 1510. The maximum Gasteiger partial charge on any atom is 0.189 e. The normalized spacial score (nSPS) is 13.2. The van der Waals surface area contributed by atoms with Gasteiger partial charge >= 0.3 is 0 Å². The number of hydrogen-bond acceptors (Lipinski definition) is 11. The Morgan fingerprint density at radius 1 is 1.00 bits per heavy atom. The molecule has 38 heavy (non-hydrogen) atoms. The lowest BCUT2D eigenvalue weighted by Gasteiger charge is -2.22. The van der Waals surface area contributed by atoms with Crippen LogP contribution in [0.2, 0.25) is 5.02 Å². The number of hydrogen-bond donors (Lipinski definition) is 0. The highest BCUT2D eigenvalue weighted by Gasteiger charge is 2.35. The Balaban J connectivity index is 1.84. The second-order valence-corrected chi connectivity index (χ2v) is 11.1. The van der Waals surface area contributed by atoms with Crippen LogP contribution in [0, 0.1) is 6.92 Å². The molecule has 4 rings (SSSR count). The first-order chi connectivity index (χ1) is 18.2. The average molecular weight is 560 g/mol. The monoisotopic (exact) mass is 559 g/mol. The van der Waals surface area contributed by atoms with Crippen molar-refractivity contribution in [2.75, 3.05) is 21.3 Å². The van der Waals surface area contributed by atoms with Crippen molar-refractivity contribution in [1.29, 1.82) is 0 Å². The fourth-order valence-electron chi connectivity index (χ4n) is 3.91. The highest BCUT2D eigenvalue weighted by molar-refractivity contribution is 7.91. The predicted octanol–water partition coefficient (Wildman–Crippen LogP) is 3.18. The van der Waals surface area contributed by atoms with Gasteiger partial charge in [0.2, 0.25) is 0 Å². The smallest absolute Gasteiger partial charge is 0.189 e. The van der Waals surface area contributed by atoms with Gasteiger partial charge in [-0.15, -0.1) is 10.2 Å². The van der Waals surface area contributed by atoms with Crippen LogP contribution >= 0.6 is 11.6 Å². The molecule has 0 fully saturated rings. The average Bonchev–Trinajstić information content (AvgIpc) is 3.31. The molecule has 1 aromatic carbocycles. The molecule has 0 amide bonds. The van der Waals surface area contributed by atoms with Crippen LogP contribution in [0.5, 0.6) is 11.5 Å². The Kier molecular flexibility index (Phi) is 8.19. The lowest BCUT2D eigenvalue weighted by molar-refractivity contribution is 0.0948. The van der Waals surface area contributed by atoms with Crippen LogP contribution in [0.1, 0.15) is 30.4 Å². The molecule has 0 aliphatic carbocycles. The van der Waals surface area contributed by atoms with E-state index in [-0.39, 0.29) is 17.5 Å². The number of aryl methyl sites for hydroxylation is 1. The number of methoxy groups -OCH3 is 3. The van der Waals surface area contributed by atoms with E-state index in [9.17, 15) is 8.42 Å². The van der Waals surface area contributed by atoms with E-state index in [1.165, 1.54) is 46.8 Å². The molecule has 0 N–H and O–H groups in total. The van der Waals surface area contributed by atoms with E-state index in [1.807, 2.05) is 0 Å². The molecule has 3 heterocycles. The number of ether oxygens (including phenoxy) is 3. The second kappa shape index (κ2) is 11.4. The topological polar surface area (TPSA) is 144 Å². The summed E-state index contributed by atoms with van der Waals surface area (Å²) in [5.41, 5.74) is 1.47. The standard InChI is InChI=1S/C24H26ClN7O5S/c1-14-9-26-12-17(29-14)24-31-30-20(32(24)21-18(35-3)7-6-8-19(21)36-4)13-38(33,34)15(2)22(37-5)23-27-10-16(25)11-28-23/h6-12,15,22H,13H2,1-5H3/t15-,22-/m0/s1. The summed E-state index contributed by atoms with van der Waals surface area (Å²) in [6.45, 7) is 3.32. The van der Waals surface area contributed by atoms with Crippen LogP contribution in [0.3, 0.4) is 0 Å². The van der Waals surface area contributed by atoms with Crippen molar-refractivity contribution in [3.8, 4) is 28.7 Å². The van der Waals surface area contributed by atoms with Crippen LogP contribution in [-0.2, 0) is 20.3 Å². The maximum atomic E-state index is 13.7. The summed E-state index contributed by atoms with van der Waals surface area (Å²) < 4.78 is 45.6. The molecule has 4 aromatic rings. The number of nitrogens with zero attached hydrogens (tertiary/aromatic N) is 7. The second-order valence-electron chi connectivity index (χ2n) is 8.26. The van der Waals surface area contributed by atoms with Gasteiger partial charge in [0, 0.05) is 25.7 Å². The van der Waals surface area contributed by atoms with Crippen molar-refractivity contribution < 1.29 is 22.6 Å². The van der Waals surface area contributed by atoms with Gasteiger partial charge < -0.3 is 14.2 Å². The van der Waals surface area contributed by atoms with Crippen LogP contribution < -0.4 is 9.47 Å². The fraction of sp³-hybridized carbons (Fsp3) is 0.333. The number of aromatic nitrogens is 7. The summed E-state index contributed by atoms with van der Waals surface area (Å²) in [6.07, 6.45) is 4.95. The molecule has 0 radical (unpaired) electrons. The number of benzene rings is 1. The first-order valence-electron chi connectivity index (χ1n) is 11.4. The number of para-hydroxylation sites is 1.